The molecule has 228 valence electrons. The van der Waals surface area contributed by atoms with Gasteiger partial charge in [0.05, 0.1) is 35.4 Å². The molecule has 0 spiro atoms. The summed E-state index contributed by atoms with van der Waals surface area (Å²) in [6.07, 6.45) is -2.17. The number of urea groups is 1. The second-order valence-electron chi connectivity index (χ2n) is 9.12. The van der Waals surface area contributed by atoms with Gasteiger partial charge in [-0.25, -0.2) is 19.2 Å². The number of likely N-dealkylation sites (N-methyl/N-ethyl adjacent to an activating group) is 1. The van der Waals surface area contributed by atoms with E-state index in [-0.39, 0.29) is 48.3 Å². The molecule has 0 unspecified atom stereocenters. The fourth-order valence-corrected chi connectivity index (χ4v) is 3.98. The van der Waals surface area contributed by atoms with Crippen molar-refractivity contribution in [3.8, 4) is 17.1 Å². The summed E-state index contributed by atoms with van der Waals surface area (Å²) in [6.45, 7) is 7.57. The van der Waals surface area contributed by atoms with Crippen LogP contribution >= 0.6 is 0 Å². The first-order valence-electron chi connectivity index (χ1n) is 13.2. The second kappa shape index (κ2) is 14.7. The lowest BCUT2D eigenvalue weighted by Crippen LogP contribution is -2.32. The summed E-state index contributed by atoms with van der Waals surface area (Å²) >= 11 is 0. The molecule has 42 heavy (non-hydrogen) atoms. The van der Waals surface area contributed by atoms with Crippen LogP contribution in [-0.4, -0.2) is 70.4 Å². The first-order valence-corrected chi connectivity index (χ1v) is 13.2. The van der Waals surface area contributed by atoms with E-state index < -0.39 is 34.8 Å². The van der Waals surface area contributed by atoms with Gasteiger partial charge in [0.2, 0.25) is 0 Å². The largest absolute Gasteiger partial charge is 0.485 e. The summed E-state index contributed by atoms with van der Waals surface area (Å²) in [4.78, 5) is 37.4. The number of alkyl halides is 3. The number of amides is 2. The number of carbonyl (C=O) groups is 1. The third kappa shape index (κ3) is 8.71. The van der Waals surface area contributed by atoms with Crippen molar-refractivity contribution in [2.24, 2.45) is 0 Å². The molecule has 0 saturated heterocycles. The molecule has 0 aliphatic rings. The van der Waals surface area contributed by atoms with Crippen LogP contribution in [0.1, 0.15) is 30.7 Å². The van der Waals surface area contributed by atoms with Crippen LogP contribution in [0, 0.1) is 12.7 Å². The highest BCUT2D eigenvalue weighted by Gasteiger charge is 2.34. The van der Waals surface area contributed by atoms with Crippen molar-refractivity contribution in [2.45, 2.75) is 33.5 Å². The quantitative estimate of drug-likeness (QED) is 0.149. The molecule has 3 rings (SSSR count). The van der Waals surface area contributed by atoms with E-state index in [1.807, 2.05) is 13.8 Å². The Bertz CT molecular complexity index is 1430. The van der Waals surface area contributed by atoms with E-state index >= 15 is 0 Å². The Hall–Kier alpha value is -4.08. The average molecular weight is 596 g/mol. The molecule has 0 aliphatic heterocycles. The van der Waals surface area contributed by atoms with Gasteiger partial charge in [0.25, 0.3) is 5.56 Å². The van der Waals surface area contributed by atoms with Gasteiger partial charge in [0, 0.05) is 31.4 Å². The monoisotopic (exact) mass is 595 g/mol. The van der Waals surface area contributed by atoms with Crippen LogP contribution in [0.15, 0.2) is 35.4 Å². The van der Waals surface area contributed by atoms with E-state index in [2.05, 4.69) is 35.8 Å². The van der Waals surface area contributed by atoms with E-state index in [0.717, 1.165) is 19.2 Å². The Labute approximate surface area is 239 Å². The van der Waals surface area contributed by atoms with Gasteiger partial charge in [-0.3, -0.25) is 4.79 Å². The number of rotatable bonds is 13. The Morgan fingerprint density at radius 3 is 2.50 bits per heavy atom. The highest BCUT2D eigenvalue weighted by molar-refractivity contribution is 6.00. The number of halogens is 4. The Kier molecular flexibility index (Phi) is 11.4. The van der Waals surface area contributed by atoms with Crippen molar-refractivity contribution < 1.29 is 32.2 Å². The first kappa shape index (κ1) is 32.4. The summed E-state index contributed by atoms with van der Waals surface area (Å²) in [7, 11) is 0. The van der Waals surface area contributed by atoms with Gasteiger partial charge in [-0.2, -0.15) is 13.2 Å². The Morgan fingerprint density at radius 2 is 1.86 bits per heavy atom. The van der Waals surface area contributed by atoms with Crippen molar-refractivity contribution in [3.63, 3.8) is 0 Å². The molecule has 1 aromatic carbocycles. The number of pyridine rings is 1. The van der Waals surface area contributed by atoms with Crippen LogP contribution in [-0.2, 0) is 12.7 Å². The number of aliphatic hydroxyl groups is 1. The van der Waals surface area contributed by atoms with Crippen LogP contribution in [0.3, 0.4) is 0 Å². The average Bonchev–Trinajstić information content (AvgIpc) is 2.94. The maximum atomic E-state index is 14.8. The summed E-state index contributed by atoms with van der Waals surface area (Å²) in [5.41, 5.74) is -1.74. The molecule has 0 aliphatic carbocycles. The predicted molar refractivity (Wildman–Crippen MR) is 149 cm³/mol. The summed E-state index contributed by atoms with van der Waals surface area (Å²) in [6, 6.07) is 1.70. The van der Waals surface area contributed by atoms with Gasteiger partial charge in [0.1, 0.15) is 12.4 Å². The number of nitrogens with zero attached hydrogens (tertiary/aromatic N) is 3. The Balaban J connectivity index is 1.72. The van der Waals surface area contributed by atoms with Gasteiger partial charge >= 0.3 is 12.2 Å². The highest BCUT2D eigenvalue weighted by atomic mass is 19.4. The summed E-state index contributed by atoms with van der Waals surface area (Å²) in [5.74, 6) is -0.906. The molecule has 3 aromatic rings. The van der Waals surface area contributed by atoms with Gasteiger partial charge in [0.15, 0.2) is 11.6 Å². The molecule has 0 saturated carbocycles. The van der Waals surface area contributed by atoms with Crippen molar-refractivity contribution in [3.05, 3.63) is 63.6 Å². The molecule has 15 heteroatoms. The van der Waals surface area contributed by atoms with Crippen molar-refractivity contribution in [1.29, 1.82) is 0 Å². The smallest absolute Gasteiger partial charge is 0.416 e. The molecular formula is C27H33F4N7O4. The van der Waals surface area contributed by atoms with Gasteiger partial charge in [-0.05, 0) is 43.8 Å². The van der Waals surface area contributed by atoms with Crippen molar-refractivity contribution in [1.82, 2.24) is 25.2 Å². The lowest BCUT2D eigenvalue weighted by Gasteiger charge is -2.19. The van der Waals surface area contributed by atoms with E-state index in [0.29, 0.717) is 24.7 Å². The van der Waals surface area contributed by atoms with Crippen molar-refractivity contribution in [2.75, 3.05) is 50.0 Å². The number of H-pyrrole nitrogens is 1. The number of hydrogen-bond acceptors (Lipinski definition) is 8. The molecule has 5 N–H and O–H groups in total. The van der Waals surface area contributed by atoms with E-state index in [9.17, 15) is 27.2 Å². The zero-order valence-electron chi connectivity index (χ0n) is 23.4. The minimum Gasteiger partial charge on any atom is -0.485 e. The topological polar surface area (TPSA) is 144 Å². The molecule has 2 amide bonds. The minimum atomic E-state index is -4.78. The maximum Gasteiger partial charge on any atom is 0.416 e. The summed E-state index contributed by atoms with van der Waals surface area (Å²) < 4.78 is 61.3. The third-order valence-electron chi connectivity index (χ3n) is 6.26. The highest BCUT2D eigenvalue weighted by Crippen LogP contribution is 2.35. The fourth-order valence-electron chi connectivity index (χ4n) is 3.98. The van der Waals surface area contributed by atoms with Gasteiger partial charge in [-0.1, -0.05) is 13.8 Å². The number of anilines is 2. The number of ether oxygens (including phenoxy) is 1. The van der Waals surface area contributed by atoms with Crippen LogP contribution in [0.4, 0.5) is 33.7 Å². The third-order valence-corrected chi connectivity index (χ3v) is 6.26. The first-order chi connectivity index (χ1) is 20.0. The zero-order chi connectivity index (χ0) is 30.9. The molecular weight excluding hydrogens is 562 g/mol. The second-order valence-corrected chi connectivity index (χ2v) is 9.12. The summed E-state index contributed by atoms with van der Waals surface area (Å²) in [5, 5.41) is 16.3. The lowest BCUT2D eigenvalue weighted by atomic mass is 10.1. The molecule has 2 aromatic heterocycles. The van der Waals surface area contributed by atoms with Crippen LogP contribution < -0.4 is 26.2 Å². The number of carbonyl (C=O) groups excluding carboxylic acids is 1. The van der Waals surface area contributed by atoms with Crippen LogP contribution in [0.5, 0.6) is 5.75 Å². The maximum absolute atomic E-state index is 14.8. The van der Waals surface area contributed by atoms with Gasteiger partial charge < -0.3 is 35.7 Å². The number of aromatic nitrogens is 3. The molecule has 0 atom stereocenters. The van der Waals surface area contributed by atoms with E-state index in [4.69, 9.17) is 9.84 Å². The number of aryl methyl sites for hydroxylation is 1. The molecule has 0 radical (unpaired) electrons. The normalized spacial score (nSPS) is 11.5. The number of benzene rings is 1. The minimum absolute atomic E-state index is 0.0499. The van der Waals surface area contributed by atoms with E-state index in [1.165, 1.54) is 18.5 Å². The SMILES string of the molecule is CCN(CC)CCNCc1cc(F)c(NC(=O)Nc2cnc(-c3c[nH]c(=O)c(OCCO)c3)nc2C)cc1C(F)(F)F. The number of nitrogens with one attached hydrogen (secondary N) is 4. The van der Waals surface area contributed by atoms with Crippen LogP contribution in [0.25, 0.3) is 11.4 Å². The number of hydrogen-bond donors (Lipinski definition) is 5. The molecule has 2 heterocycles. The van der Waals surface area contributed by atoms with Crippen LogP contribution in [0.2, 0.25) is 0 Å². The zero-order valence-corrected chi connectivity index (χ0v) is 23.4. The number of aromatic amines is 1. The predicted octanol–water partition coefficient (Wildman–Crippen LogP) is 3.74. The Morgan fingerprint density at radius 1 is 1.14 bits per heavy atom. The lowest BCUT2D eigenvalue weighted by molar-refractivity contribution is -0.138. The van der Waals surface area contributed by atoms with Gasteiger partial charge in [-0.15, -0.1) is 0 Å². The molecule has 11 nitrogen and oxygen atoms in total. The standard InChI is InChI=1S/C27H33F4N7O4/c1-4-38(5-2)7-6-32-13-17-10-20(28)21(12-19(17)27(29,30)31)36-26(41)37-22-15-33-24(35-16(22)3)18-11-23(42-9-8-39)25(40)34-14-18/h10-12,14-15,32,39H,4-9,13H2,1-3H3,(H,34,40)(H2,36,37,41). The number of aliphatic hydroxyl groups excluding tert-OH is 1. The molecule has 0 fully saturated rings. The van der Waals surface area contributed by atoms with Crippen molar-refractivity contribution >= 4 is 17.4 Å². The molecule has 0 bridgehead atoms. The fraction of sp³-hybridized carbons (Fsp3) is 0.407. The van der Waals surface area contributed by atoms with E-state index in [1.54, 1.807) is 6.92 Å².